The highest BCUT2D eigenvalue weighted by Crippen LogP contribution is 2.40. The van der Waals surface area contributed by atoms with Crippen molar-refractivity contribution in [2.24, 2.45) is 5.92 Å². The molecule has 2 unspecified atom stereocenters. The fourth-order valence-electron chi connectivity index (χ4n) is 2.35. The van der Waals surface area contributed by atoms with E-state index in [0.717, 1.165) is 5.56 Å². The first-order chi connectivity index (χ1) is 6.88. The molecule has 0 heterocycles. The molecular weight excluding hydrogens is 172 g/mol. The number of ketones is 1. The molecule has 0 N–H and O–H groups in total. The van der Waals surface area contributed by atoms with E-state index in [0.29, 0.717) is 0 Å². The summed E-state index contributed by atoms with van der Waals surface area (Å²) < 4.78 is 0. The fourth-order valence-corrected chi connectivity index (χ4v) is 2.35. The predicted molar refractivity (Wildman–Crippen MR) is 55.3 cm³/mol. The molecule has 1 heteroatoms. The first-order valence-corrected chi connectivity index (χ1v) is 4.86. The molecule has 2 aliphatic carbocycles. The highest BCUT2D eigenvalue weighted by molar-refractivity contribution is 6.04. The molecule has 1 nitrogen and oxygen atoms in total. The van der Waals surface area contributed by atoms with Gasteiger partial charge in [0.25, 0.3) is 0 Å². The van der Waals surface area contributed by atoms with E-state index in [2.05, 4.69) is 12.1 Å². The SMILES string of the molecule is O=C1c2ccccc2C2C=CC=CC12. The number of benzene rings is 1. The first kappa shape index (κ1) is 7.74. The number of allylic oxidation sites excluding steroid dienone is 4. The minimum atomic E-state index is 0.0531. The van der Waals surface area contributed by atoms with E-state index in [1.807, 2.05) is 36.4 Å². The third kappa shape index (κ3) is 0.869. The minimum absolute atomic E-state index is 0.0531. The molecule has 0 aromatic heterocycles. The molecular formula is C13H10O. The third-order valence-corrected chi connectivity index (χ3v) is 3.02. The van der Waals surface area contributed by atoms with Crippen molar-refractivity contribution in [1.29, 1.82) is 0 Å². The lowest BCUT2D eigenvalue weighted by molar-refractivity contribution is 0.0955. The Morgan fingerprint density at radius 3 is 2.50 bits per heavy atom. The van der Waals surface area contributed by atoms with Gasteiger partial charge in [-0.15, -0.1) is 0 Å². The lowest BCUT2D eigenvalue weighted by Gasteiger charge is -2.13. The van der Waals surface area contributed by atoms with Crippen LogP contribution in [0.3, 0.4) is 0 Å². The van der Waals surface area contributed by atoms with Crippen molar-refractivity contribution in [2.75, 3.05) is 0 Å². The number of hydrogen-bond donors (Lipinski definition) is 0. The molecule has 0 saturated carbocycles. The van der Waals surface area contributed by atoms with E-state index >= 15 is 0 Å². The van der Waals surface area contributed by atoms with Gasteiger partial charge < -0.3 is 0 Å². The second kappa shape index (κ2) is 2.68. The van der Waals surface area contributed by atoms with Crippen LogP contribution >= 0.6 is 0 Å². The second-order valence-electron chi connectivity index (χ2n) is 3.77. The van der Waals surface area contributed by atoms with E-state index in [1.54, 1.807) is 0 Å². The lowest BCUT2D eigenvalue weighted by atomic mass is 9.89. The number of fused-ring (bicyclic) bond motifs is 3. The topological polar surface area (TPSA) is 17.1 Å². The summed E-state index contributed by atoms with van der Waals surface area (Å²) in [5, 5.41) is 0. The highest BCUT2D eigenvalue weighted by Gasteiger charge is 2.36. The van der Waals surface area contributed by atoms with Gasteiger partial charge in [-0.1, -0.05) is 48.6 Å². The van der Waals surface area contributed by atoms with Crippen LogP contribution in [0, 0.1) is 5.92 Å². The highest BCUT2D eigenvalue weighted by atomic mass is 16.1. The molecule has 2 atom stereocenters. The van der Waals surface area contributed by atoms with E-state index in [4.69, 9.17) is 0 Å². The third-order valence-electron chi connectivity index (χ3n) is 3.02. The number of hydrogen-bond acceptors (Lipinski definition) is 1. The Bertz CT molecular complexity index is 454. The van der Waals surface area contributed by atoms with E-state index in [-0.39, 0.29) is 17.6 Å². The van der Waals surface area contributed by atoms with Crippen LogP contribution in [-0.2, 0) is 0 Å². The van der Waals surface area contributed by atoms with Crippen molar-refractivity contribution in [3.05, 3.63) is 59.7 Å². The maximum absolute atomic E-state index is 11.9. The largest absolute Gasteiger partial charge is 0.293 e. The summed E-state index contributed by atoms with van der Waals surface area (Å²) in [6.45, 7) is 0. The molecule has 0 bridgehead atoms. The van der Waals surface area contributed by atoms with Gasteiger partial charge in [0.15, 0.2) is 5.78 Å². The number of Topliss-reactive ketones (excluding diaryl/α,β-unsaturated/α-hetero) is 1. The van der Waals surface area contributed by atoms with Gasteiger partial charge >= 0.3 is 0 Å². The van der Waals surface area contributed by atoms with Crippen molar-refractivity contribution >= 4 is 5.78 Å². The molecule has 0 aliphatic heterocycles. The van der Waals surface area contributed by atoms with E-state index in [1.165, 1.54) is 5.56 Å². The molecule has 2 aliphatic rings. The van der Waals surface area contributed by atoms with Gasteiger partial charge in [-0.2, -0.15) is 0 Å². The Kier molecular flexibility index (Phi) is 1.48. The molecule has 14 heavy (non-hydrogen) atoms. The zero-order chi connectivity index (χ0) is 9.54. The van der Waals surface area contributed by atoms with Gasteiger partial charge in [0, 0.05) is 11.5 Å². The van der Waals surface area contributed by atoms with E-state index < -0.39 is 0 Å². The number of carbonyl (C=O) groups is 1. The zero-order valence-electron chi connectivity index (χ0n) is 7.68. The average Bonchev–Trinajstić information content (AvgIpc) is 2.55. The first-order valence-electron chi connectivity index (χ1n) is 4.86. The van der Waals surface area contributed by atoms with Gasteiger partial charge in [0.1, 0.15) is 0 Å². The normalized spacial score (nSPS) is 27.6. The molecule has 1 aromatic carbocycles. The van der Waals surface area contributed by atoms with Crippen molar-refractivity contribution in [3.8, 4) is 0 Å². The monoisotopic (exact) mass is 182 g/mol. The Labute approximate surface area is 82.8 Å². The minimum Gasteiger partial charge on any atom is -0.293 e. The van der Waals surface area contributed by atoms with Crippen molar-refractivity contribution < 1.29 is 4.79 Å². The zero-order valence-corrected chi connectivity index (χ0v) is 7.68. The lowest BCUT2D eigenvalue weighted by Crippen LogP contribution is -2.10. The summed E-state index contributed by atoms with van der Waals surface area (Å²) in [5.41, 5.74) is 2.09. The van der Waals surface area contributed by atoms with Crippen LogP contribution in [-0.4, -0.2) is 5.78 Å². The predicted octanol–water partition coefficient (Wildman–Crippen LogP) is 2.71. The molecule has 3 rings (SSSR count). The van der Waals surface area contributed by atoms with E-state index in [9.17, 15) is 4.79 Å². The van der Waals surface area contributed by atoms with Crippen LogP contribution in [0.15, 0.2) is 48.6 Å². The Morgan fingerprint density at radius 2 is 1.64 bits per heavy atom. The van der Waals surface area contributed by atoms with Crippen LogP contribution in [0.2, 0.25) is 0 Å². The summed E-state index contributed by atoms with van der Waals surface area (Å²) in [4.78, 5) is 11.9. The van der Waals surface area contributed by atoms with Crippen molar-refractivity contribution in [2.45, 2.75) is 5.92 Å². The summed E-state index contributed by atoms with van der Waals surface area (Å²) in [5.74, 6) is 0.604. The number of carbonyl (C=O) groups excluding carboxylic acids is 1. The molecule has 0 spiro atoms. The fraction of sp³-hybridized carbons (Fsp3) is 0.154. The van der Waals surface area contributed by atoms with Crippen LogP contribution in [0.4, 0.5) is 0 Å². The summed E-state index contributed by atoms with van der Waals surface area (Å²) in [7, 11) is 0. The Balaban J connectivity index is 2.22. The molecule has 0 radical (unpaired) electrons. The Morgan fingerprint density at radius 1 is 0.929 bits per heavy atom. The molecule has 0 amide bonds. The molecule has 68 valence electrons. The summed E-state index contributed by atoms with van der Waals surface area (Å²) in [6, 6.07) is 7.92. The summed E-state index contributed by atoms with van der Waals surface area (Å²) in [6.07, 6.45) is 8.11. The molecule has 1 aromatic rings. The standard InChI is InChI=1S/C13H10O/c14-13-11-7-3-1-5-9(11)10-6-2-4-8-12(10)13/h1-9,11H. The average molecular weight is 182 g/mol. The number of rotatable bonds is 0. The van der Waals surface area contributed by atoms with Gasteiger partial charge in [-0.3, -0.25) is 4.79 Å². The van der Waals surface area contributed by atoms with Crippen molar-refractivity contribution in [3.63, 3.8) is 0 Å². The Hall–Kier alpha value is -1.63. The van der Waals surface area contributed by atoms with Crippen LogP contribution < -0.4 is 0 Å². The van der Waals surface area contributed by atoms with Gasteiger partial charge in [-0.25, -0.2) is 0 Å². The van der Waals surface area contributed by atoms with Crippen molar-refractivity contribution in [1.82, 2.24) is 0 Å². The van der Waals surface area contributed by atoms with Gasteiger partial charge in [-0.05, 0) is 5.56 Å². The quantitative estimate of drug-likeness (QED) is 0.603. The van der Waals surface area contributed by atoms with Crippen LogP contribution in [0.5, 0.6) is 0 Å². The second-order valence-corrected chi connectivity index (χ2v) is 3.77. The van der Waals surface area contributed by atoms with Crippen LogP contribution in [0.25, 0.3) is 0 Å². The van der Waals surface area contributed by atoms with Gasteiger partial charge in [0.2, 0.25) is 0 Å². The van der Waals surface area contributed by atoms with Crippen LogP contribution in [0.1, 0.15) is 21.8 Å². The summed E-state index contributed by atoms with van der Waals surface area (Å²) >= 11 is 0. The molecule has 0 fully saturated rings. The molecule has 0 saturated heterocycles. The smallest absolute Gasteiger partial charge is 0.170 e. The maximum atomic E-state index is 11.9. The van der Waals surface area contributed by atoms with Gasteiger partial charge in [0.05, 0.1) is 5.92 Å². The maximum Gasteiger partial charge on any atom is 0.170 e.